The van der Waals surface area contributed by atoms with Crippen LogP contribution in [0.5, 0.6) is 0 Å². The van der Waals surface area contributed by atoms with Crippen molar-refractivity contribution in [1.29, 1.82) is 0 Å². The summed E-state index contributed by atoms with van der Waals surface area (Å²) < 4.78 is 14.0. The summed E-state index contributed by atoms with van der Waals surface area (Å²) in [6.45, 7) is 0. The molecule has 0 bridgehead atoms. The van der Waals surface area contributed by atoms with Crippen molar-refractivity contribution in [2.45, 2.75) is 0 Å². The van der Waals surface area contributed by atoms with E-state index in [2.05, 4.69) is 4.98 Å². The molecule has 0 radical (unpaired) electrons. The summed E-state index contributed by atoms with van der Waals surface area (Å²) in [5.74, 6) is -0.293. The first-order valence-corrected chi connectivity index (χ1v) is 6.96. The molecule has 20 heavy (non-hydrogen) atoms. The monoisotopic (exact) mass is 281 g/mol. The minimum atomic E-state index is -0.293. The van der Waals surface area contributed by atoms with Gasteiger partial charge < -0.3 is 0 Å². The molecule has 0 fully saturated rings. The number of hydrogen-bond acceptors (Lipinski definition) is 3. The Morgan fingerprint density at radius 3 is 2.65 bits per heavy atom. The standard InChI is InChI=1S/C16H8FNOS/c17-9-5-6-12-14(7-9)20-15-8-13(19)10-3-1-2-4-11(10)16(15)18-12/h1-8H. The Bertz CT molecular complexity index is 992. The lowest BCUT2D eigenvalue weighted by atomic mass is 10.1. The smallest absolute Gasteiger partial charge is 0.188 e. The van der Waals surface area contributed by atoms with E-state index < -0.39 is 0 Å². The zero-order valence-electron chi connectivity index (χ0n) is 10.3. The van der Waals surface area contributed by atoms with E-state index in [1.54, 1.807) is 18.2 Å². The van der Waals surface area contributed by atoms with Crippen LogP contribution >= 0.6 is 11.3 Å². The second-order valence-electron chi connectivity index (χ2n) is 4.59. The highest BCUT2D eigenvalue weighted by Gasteiger charge is 2.13. The van der Waals surface area contributed by atoms with E-state index in [1.165, 1.54) is 23.5 Å². The Balaban J connectivity index is 2.25. The lowest BCUT2D eigenvalue weighted by Crippen LogP contribution is -2.02. The van der Waals surface area contributed by atoms with Gasteiger partial charge in [-0.3, -0.25) is 4.79 Å². The maximum atomic E-state index is 13.3. The lowest BCUT2D eigenvalue weighted by Gasteiger charge is -2.09. The predicted octanol–water partition coefficient (Wildman–Crippen LogP) is 4.05. The number of halogens is 1. The molecule has 1 heterocycles. The zero-order valence-corrected chi connectivity index (χ0v) is 11.1. The molecule has 4 heteroatoms. The van der Waals surface area contributed by atoms with Crippen molar-refractivity contribution in [1.82, 2.24) is 4.98 Å². The zero-order chi connectivity index (χ0) is 13.7. The van der Waals surface area contributed by atoms with Crippen LogP contribution in [0.2, 0.25) is 0 Å². The Hall–Kier alpha value is -2.33. The Kier molecular flexibility index (Phi) is 2.35. The van der Waals surface area contributed by atoms with Crippen LogP contribution in [0.15, 0.2) is 53.3 Å². The van der Waals surface area contributed by atoms with Crippen molar-refractivity contribution >= 4 is 32.3 Å². The molecule has 2 aliphatic rings. The molecule has 2 aromatic carbocycles. The summed E-state index contributed by atoms with van der Waals surface area (Å²) in [4.78, 5) is 17.5. The molecule has 0 saturated heterocycles. The quantitative estimate of drug-likeness (QED) is 0.359. The van der Waals surface area contributed by atoms with Crippen LogP contribution in [-0.4, -0.2) is 4.98 Å². The van der Waals surface area contributed by atoms with E-state index in [0.29, 0.717) is 5.39 Å². The minimum absolute atomic E-state index is 0.0260. The third kappa shape index (κ3) is 1.62. The topological polar surface area (TPSA) is 30.0 Å². The molecule has 0 spiro atoms. The van der Waals surface area contributed by atoms with Crippen molar-refractivity contribution < 1.29 is 4.39 Å². The van der Waals surface area contributed by atoms with E-state index in [4.69, 9.17) is 0 Å². The average Bonchev–Trinajstić information content (AvgIpc) is 2.46. The van der Waals surface area contributed by atoms with Gasteiger partial charge in [-0.25, -0.2) is 9.37 Å². The number of rotatable bonds is 0. The number of hydrogen-bond donors (Lipinski definition) is 0. The van der Waals surface area contributed by atoms with Crippen LogP contribution in [0.4, 0.5) is 4.39 Å². The van der Waals surface area contributed by atoms with Gasteiger partial charge in [-0.1, -0.05) is 24.3 Å². The molecule has 2 nitrogen and oxygen atoms in total. The van der Waals surface area contributed by atoms with E-state index in [1.807, 2.05) is 18.2 Å². The van der Waals surface area contributed by atoms with Crippen LogP contribution in [0.25, 0.3) is 31.6 Å². The first-order valence-electron chi connectivity index (χ1n) is 6.14. The maximum absolute atomic E-state index is 13.3. The molecule has 0 unspecified atom stereocenters. The largest absolute Gasteiger partial charge is 0.289 e. The lowest BCUT2D eigenvalue weighted by molar-refractivity contribution is 0.630. The van der Waals surface area contributed by atoms with Crippen molar-refractivity contribution in [2.24, 2.45) is 0 Å². The highest BCUT2D eigenvalue weighted by molar-refractivity contribution is 7.21. The fourth-order valence-electron chi connectivity index (χ4n) is 2.40. The number of benzene rings is 3. The molecule has 0 atom stereocenters. The average molecular weight is 281 g/mol. The van der Waals surface area contributed by atoms with E-state index >= 15 is 0 Å². The summed E-state index contributed by atoms with van der Waals surface area (Å²) in [7, 11) is 0. The minimum Gasteiger partial charge on any atom is -0.289 e. The Labute approximate surface area is 117 Å². The third-order valence-corrected chi connectivity index (χ3v) is 4.40. The summed E-state index contributed by atoms with van der Waals surface area (Å²) in [6, 6.07) is 13.5. The molecule has 1 aliphatic heterocycles. The predicted molar refractivity (Wildman–Crippen MR) is 80.0 cm³/mol. The van der Waals surface area contributed by atoms with Gasteiger partial charge in [0.15, 0.2) is 5.43 Å². The van der Waals surface area contributed by atoms with Crippen LogP contribution in [0.3, 0.4) is 0 Å². The van der Waals surface area contributed by atoms with Crippen molar-refractivity contribution in [3.05, 3.63) is 64.6 Å². The second kappa shape index (κ2) is 4.08. The van der Waals surface area contributed by atoms with Crippen LogP contribution in [0.1, 0.15) is 0 Å². The summed E-state index contributed by atoms with van der Waals surface area (Å²) >= 11 is 1.39. The van der Waals surface area contributed by atoms with Gasteiger partial charge in [-0.15, -0.1) is 11.3 Å². The summed E-state index contributed by atoms with van der Waals surface area (Å²) in [5, 5.41) is 1.51. The fraction of sp³-hybridized carbons (Fsp3) is 0. The Morgan fingerprint density at radius 1 is 1.00 bits per heavy atom. The first-order chi connectivity index (χ1) is 9.72. The molecule has 0 amide bonds. The van der Waals surface area contributed by atoms with Gasteiger partial charge in [0, 0.05) is 16.8 Å². The van der Waals surface area contributed by atoms with Gasteiger partial charge >= 0.3 is 0 Å². The highest BCUT2D eigenvalue weighted by atomic mass is 32.1. The van der Waals surface area contributed by atoms with Crippen molar-refractivity contribution in [3.63, 3.8) is 0 Å². The van der Waals surface area contributed by atoms with Gasteiger partial charge in [0.1, 0.15) is 5.82 Å². The van der Waals surface area contributed by atoms with Gasteiger partial charge in [0.05, 0.1) is 20.8 Å². The highest BCUT2D eigenvalue weighted by Crippen LogP contribution is 2.34. The van der Waals surface area contributed by atoms with E-state index in [0.717, 1.165) is 26.2 Å². The van der Waals surface area contributed by atoms with Crippen LogP contribution in [0, 0.1) is 5.82 Å². The second-order valence-corrected chi connectivity index (χ2v) is 5.68. The number of fused-ring (bicyclic) bond motifs is 4. The first kappa shape index (κ1) is 11.5. The molecular weight excluding hydrogens is 273 g/mol. The van der Waals surface area contributed by atoms with Crippen molar-refractivity contribution in [3.8, 4) is 10.6 Å². The van der Waals surface area contributed by atoms with Gasteiger partial charge in [0.25, 0.3) is 0 Å². The molecule has 4 rings (SSSR count). The van der Waals surface area contributed by atoms with E-state index in [-0.39, 0.29) is 11.2 Å². The van der Waals surface area contributed by atoms with Crippen LogP contribution in [-0.2, 0) is 0 Å². The molecule has 0 saturated carbocycles. The molecule has 0 N–H and O–H groups in total. The van der Waals surface area contributed by atoms with Crippen molar-refractivity contribution in [2.75, 3.05) is 0 Å². The summed E-state index contributed by atoms with van der Waals surface area (Å²) in [6.07, 6.45) is 0. The molecule has 96 valence electrons. The maximum Gasteiger partial charge on any atom is 0.188 e. The fourth-order valence-corrected chi connectivity index (χ4v) is 3.44. The number of aromatic nitrogens is 1. The normalized spacial score (nSPS) is 11.4. The summed E-state index contributed by atoms with van der Waals surface area (Å²) in [5.41, 5.74) is 1.51. The van der Waals surface area contributed by atoms with Gasteiger partial charge in [-0.05, 0) is 18.2 Å². The molecule has 0 aromatic heterocycles. The van der Waals surface area contributed by atoms with Crippen LogP contribution < -0.4 is 5.43 Å². The van der Waals surface area contributed by atoms with Gasteiger partial charge in [-0.2, -0.15) is 0 Å². The van der Waals surface area contributed by atoms with Gasteiger partial charge in [0.2, 0.25) is 0 Å². The number of nitrogens with zero attached hydrogens (tertiary/aromatic N) is 1. The third-order valence-electron chi connectivity index (χ3n) is 3.32. The molecule has 1 aliphatic carbocycles. The molecular formula is C16H8FNOS. The SMILES string of the molecule is O=c1cc2sc3cc(F)ccc3nc-2c2ccccc12. The van der Waals surface area contributed by atoms with E-state index in [9.17, 15) is 9.18 Å². The Morgan fingerprint density at radius 2 is 1.80 bits per heavy atom. The molecule has 2 aromatic rings.